The standard InChI is InChI=1S/C7H9N3.2C2H6/c1-5(8)6-3-2-4-10-7(6)9;2*1-2/h2-4,8H,1H3,(H2,9,10);2*1-2H3. The van der Waals surface area contributed by atoms with E-state index in [-0.39, 0.29) is 0 Å². The number of nitrogen functional groups attached to an aromatic ring is 1. The van der Waals surface area contributed by atoms with Crippen molar-refractivity contribution in [2.45, 2.75) is 34.6 Å². The van der Waals surface area contributed by atoms with Crippen LogP contribution in [0.2, 0.25) is 0 Å². The number of rotatable bonds is 1. The molecular weight excluding hydrogens is 174 g/mol. The smallest absolute Gasteiger partial charge is 0.132 e. The zero-order valence-corrected chi connectivity index (χ0v) is 9.76. The summed E-state index contributed by atoms with van der Waals surface area (Å²) in [5, 5.41) is 7.26. The first-order valence-corrected chi connectivity index (χ1v) is 4.98. The van der Waals surface area contributed by atoms with Gasteiger partial charge in [-0.25, -0.2) is 4.98 Å². The Morgan fingerprint density at radius 1 is 1.29 bits per heavy atom. The second-order valence-corrected chi connectivity index (χ2v) is 2.06. The predicted molar refractivity (Wildman–Crippen MR) is 63.8 cm³/mol. The first-order chi connectivity index (χ1) is 6.72. The third-order valence-corrected chi connectivity index (χ3v) is 1.24. The summed E-state index contributed by atoms with van der Waals surface area (Å²) < 4.78 is 0. The molecular formula is C11H21N3. The summed E-state index contributed by atoms with van der Waals surface area (Å²) in [4.78, 5) is 3.84. The molecule has 0 aromatic carbocycles. The van der Waals surface area contributed by atoms with Gasteiger partial charge in [-0.1, -0.05) is 27.7 Å². The fourth-order valence-electron chi connectivity index (χ4n) is 0.735. The zero-order chi connectivity index (χ0) is 11.6. The van der Waals surface area contributed by atoms with E-state index < -0.39 is 0 Å². The molecule has 0 unspecified atom stereocenters. The molecule has 14 heavy (non-hydrogen) atoms. The van der Waals surface area contributed by atoms with Gasteiger partial charge >= 0.3 is 0 Å². The molecule has 0 aliphatic carbocycles. The SMILES string of the molecule is CC.CC.CC(=N)c1cccnc1N. The molecule has 80 valence electrons. The number of pyridine rings is 1. The molecule has 3 nitrogen and oxygen atoms in total. The largest absolute Gasteiger partial charge is 0.383 e. The highest BCUT2D eigenvalue weighted by molar-refractivity contribution is 5.99. The van der Waals surface area contributed by atoms with Crippen molar-refractivity contribution in [3.05, 3.63) is 23.9 Å². The van der Waals surface area contributed by atoms with E-state index in [0.717, 1.165) is 0 Å². The van der Waals surface area contributed by atoms with E-state index in [1.807, 2.05) is 27.7 Å². The molecule has 3 N–H and O–H groups in total. The van der Waals surface area contributed by atoms with Gasteiger partial charge in [0.25, 0.3) is 0 Å². The summed E-state index contributed by atoms with van der Waals surface area (Å²) in [5.74, 6) is 0.426. The van der Waals surface area contributed by atoms with Gasteiger partial charge < -0.3 is 11.1 Å². The summed E-state index contributed by atoms with van der Waals surface area (Å²) >= 11 is 0. The highest BCUT2D eigenvalue weighted by Gasteiger charge is 1.98. The summed E-state index contributed by atoms with van der Waals surface area (Å²) in [7, 11) is 0. The molecule has 1 aromatic heterocycles. The van der Waals surface area contributed by atoms with Crippen molar-refractivity contribution in [1.82, 2.24) is 4.98 Å². The van der Waals surface area contributed by atoms with Crippen LogP contribution in [0, 0.1) is 5.41 Å². The number of hydrogen-bond donors (Lipinski definition) is 2. The number of nitrogens with one attached hydrogen (secondary N) is 1. The van der Waals surface area contributed by atoms with Gasteiger partial charge in [0.05, 0.1) is 0 Å². The molecule has 0 atom stereocenters. The van der Waals surface area contributed by atoms with Crippen LogP contribution in [-0.2, 0) is 0 Å². The first kappa shape index (κ1) is 15.1. The lowest BCUT2D eigenvalue weighted by Gasteiger charge is -1.99. The van der Waals surface area contributed by atoms with Crippen LogP contribution in [0.3, 0.4) is 0 Å². The second-order valence-electron chi connectivity index (χ2n) is 2.06. The fourth-order valence-corrected chi connectivity index (χ4v) is 0.735. The van der Waals surface area contributed by atoms with Gasteiger partial charge in [0, 0.05) is 17.5 Å². The number of hydrogen-bond acceptors (Lipinski definition) is 3. The summed E-state index contributed by atoms with van der Waals surface area (Å²) in [5.41, 5.74) is 6.63. The van der Waals surface area contributed by atoms with E-state index in [1.54, 1.807) is 25.3 Å². The summed E-state index contributed by atoms with van der Waals surface area (Å²) in [6.07, 6.45) is 1.61. The van der Waals surface area contributed by atoms with Gasteiger partial charge in [0.15, 0.2) is 0 Å². The fraction of sp³-hybridized carbons (Fsp3) is 0.455. The molecule has 0 spiro atoms. The molecule has 0 aliphatic rings. The Labute approximate surface area is 86.9 Å². The van der Waals surface area contributed by atoms with Gasteiger partial charge in [0.2, 0.25) is 0 Å². The molecule has 0 aliphatic heterocycles. The lowest BCUT2D eigenvalue weighted by molar-refractivity contribution is 1.31. The third kappa shape index (κ3) is 5.30. The van der Waals surface area contributed by atoms with Crippen LogP contribution in [0.15, 0.2) is 18.3 Å². The zero-order valence-electron chi connectivity index (χ0n) is 9.76. The molecule has 0 fully saturated rings. The highest BCUT2D eigenvalue weighted by atomic mass is 14.8. The Kier molecular flexibility index (Phi) is 10.5. The van der Waals surface area contributed by atoms with Crippen LogP contribution in [0.5, 0.6) is 0 Å². The molecule has 1 rings (SSSR count). The highest BCUT2D eigenvalue weighted by Crippen LogP contribution is 2.06. The van der Waals surface area contributed by atoms with Crippen LogP contribution < -0.4 is 5.73 Å². The van der Waals surface area contributed by atoms with Crippen molar-refractivity contribution in [3.63, 3.8) is 0 Å². The number of nitrogens with zero attached hydrogens (tertiary/aromatic N) is 1. The number of nitrogens with two attached hydrogens (primary N) is 1. The van der Waals surface area contributed by atoms with Gasteiger partial charge in [0.1, 0.15) is 5.82 Å². The average molecular weight is 195 g/mol. The lowest BCUT2D eigenvalue weighted by atomic mass is 10.2. The minimum Gasteiger partial charge on any atom is -0.383 e. The normalized spacial score (nSPS) is 7.50. The molecule has 0 saturated carbocycles. The van der Waals surface area contributed by atoms with Crippen LogP contribution in [0.4, 0.5) is 5.82 Å². The maximum absolute atomic E-state index is 7.26. The molecule has 3 heteroatoms. The molecule has 0 amide bonds. The van der Waals surface area contributed by atoms with Crippen LogP contribution in [0.25, 0.3) is 0 Å². The van der Waals surface area contributed by atoms with Crippen molar-refractivity contribution in [3.8, 4) is 0 Å². The second kappa shape index (κ2) is 9.71. The maximum atomic E-state index is 7.26. The van der Waals surface area contributed by atoms with Crippen molar-refractivity contribution < 1.29 is 0 Å². The molecule has 1 aromatic rings. The maximum Gasteiger partial charge on any atom is 0.132 e. The average Bonchev–Trinajstić information content (AvgIpc) is 2.24. The van der Waals surface area contributed by atoms with E-state index in [4.69, 9.17) is 11.1 Å². The van der Waals surface area contributed by atoms with Crippen molar-refractivity contribution in [2.24, 2.45) is 0 Å². The van der Waals surface area contributed by atoms with Crippen LogP contribution >= 0.6 is 0 Å². The lowest BCUT2D eigenvalue weighted by Crippen LogP contribution is -2.00. The molecule has 0 saturated heterocycles. The Morgan fingerprint density at radius 3 is 2.07 bits per heavy atom. The van der Waals surface area contributed by atoms with E-state index in [9.17, 15) is 0 Å². The topological polar surface area (TPSA) is 62.8 Å². The monoisotopic (exact) mass is 195 g/mol. The van der Waals surface area contributed by atoms with E-state index in [1.165, 1.54) is 0 Å². The third-order valence-electron chi connectivity index (χ3n) is 1.24. The Hall–Kier alpha value is -1.38. The van der Waals surface area contributed by atoms with E-state index >= 15 is 0 Å². The summed E-state index contributed by atoms with van der Waals surface area (Å²) in [6.45, 7) is 9.69. The van der Waals surface area contributed by atoms with Crippen LogP contribution in [-0.4, -0.2) is 10.7 Å². The van der Waals surface area contributed by atoms with E-state index in [0.29, 0.717) is 17.1 Å². The molecule has 0 bridgehead atoms. The van der Waals surface area contributed by atoms with Gasteiger partial charge in [-0.05, 0) is 19.1 Å². The van der Waals surface area contributed by atoms with Gasteiger partial charge in [-0.3, -0.25) is 0 Å². The number of aromatic nitrogens is 1. The Balaban J connectivity index is 0. The minimum absolute atomic E-state index is 0.426. The van der Waals surface area contributed by atoms with Crippen molar-refractivity contribution in [1.29, 1.82) is 5.41 Å². The first-order valence-electron chi connectivity index (χ1n) is 4.98. The predicted octanol–water partition coefficient (Wildman–Crippen LogP) is 3.10. The van der Waals surface area contributed by atoms with Crippen molar-refractivity contribution in [2.75, 3.05) is 5.73 Å². The quantitative estimate of drug-likeness (QED) is 0.676. The molecule has 1 heterocycles. The van der Waals surface area contributed by atoms with Gasteiger partial charge in [-0.2, -0.15) is 0 Å². The Morgan fingerprint density at radius 2 is 1.79 bits per heavy atom. The van der Waals surface area contributed by atoms with E-state index in [2.05, 4.69) is 4.98 Å². The molecule has 0 radical (unpaired) electrons. The van der Waals surface area contributed by atoms with Crippen molar-refractivity contribution >= 4 is 11.5 Å². The Bertz CT molecular complexity index is 256. The number of anilines is 1. The summed E-state index contributed by atoms with van der Waals surface area (Å²) in [6, 6.07) is 3.55. The minimum atomic E-state index is 0.426. The van der Waals surface area contributed by atoms with Gasteiger partial charge in [-0.15, -0.1) is 0 Å². The van der Waals surface area contributed by atoms with Crippen LogP contribution in [0.1, 0.15) is 40.2 Å².